The van der Waals surface area contributed by atoms with E-state index >= 15 is 0 Å². The molecule has 24 heavy (non-hydrogen) atoms. The van der Waals surface area contributed by atoms with Crippen LogP contribution in [-0.2, 0) is 11.2 Å². The van der Waals surface area contributed by atoms with Crippen molar-refractivity contribution in [3.8, 4) is 11.6 Å². The Bertz CT molecular complexity index is 693. The number of ether oxygens (including phenoxy) is 2. The fraction of sp³-hybridized carbons (Fsp3) is 0.333. The molecule has 0 aliphatic carbocycles. The standard InChI is InChI=1S/C18H21N3O3/c1-21(2)9-10-23-17-12-14(7-8-19-17)20-18(22)16-11-13-5-3-4-6-15(13)24-16/h3-8,12,16H,9-11H2,1-2H3,(H,19,20,22)/t16-/m1/s1. The molecule has 1 N–H and O–H groups in total. The first-order chi connectivity index (χ1) is 11.6. The Morgan fingerprint density at radius 3 is 3.00 bits per heavy atom. The zero-order chi connectivity index (χ0) is 16.9. The predicted molar refractivity (Wildman–Crippen MR) is 91.5 cm³/mol. The third-order valence-corrected chi connectivity index (χ3v) is 3.73. The molecule has 0 unspecified atom stereocenters. The number of amides is 1. The fourth-order valence-electron chi connectivity index (χ4n) is 2.45. The molecular formula is C18H21N3O3. The van der Waals surface area contributed by atoms with Gasteiger partial charge in [-0.2, -0.15) is 0 Å². The molecular weight excluding hydrogens is 306 g/mol. The van der Waals surface area contributed by atoms with Gasteiger partial charge in [-0.25, -0.2) is 4.98 Å². The molecule has 0 saturated heterocycles. The number of carbonyl (C=O) groups is 1. The van der Waals surface area contributed by atoms with E-state index in [0.29, 0.717) is 24.6 Å². The van der Waals surface area contributed by atoms with Crippen molar-refractivity contribution in [2.24, 2.45) is 0 Å². The zero-order valence-corrected chi connectivity index (χ0v) is 13.9. The van der Waals surface area contributed by atoms with Gasteiger partial charge in [0.1, 0.15) is 12.4 Å². The van der Waals surface area contributed by atoms with E-state index in [-0.39, 0.29) is 5.91 Å². The molecule has 1 aliphatic rings. The van der Waals surface area contributed by atoms with Crippen LogP contribution >= 0.6 is 0 Å². The van der Waals surface area contributed by atoms with Crippen molar-refractivity contribution in [3.63, 3.8) is 0 Å². The molecule has 0 spiro atoms. The molecule has 3 rings (SSSR count). The van der Waals surface area contributed by atoms with E-state index in [4.69, 9.17) is 9.47 Å². The van der Waals surface area contributed by atoms with Crippen LogP contribution in [-0.4, -0.2) is 49.1 Å². The number of nitrogens with zero attached hydrogens (tertiary/aromatic N) is 2. The highest BCUT2D eigenvalue weighted by atomic mass is 16.5. The lowest BCUT2D eigenvalue weighted by Gasteiger charge is -2.13. The van der Waals surface area contributed by atoms with Crippen LogP contribution in [0, 0.1) is 0 Å². The second-order valence-corrected chi connectivity index (χ2v) is 5.94. The van der Waals surface area contributed by atoms with Crippen LogP contribution in [0.3, 0.4) is 0 Å². The number of nitrogens with one attached hydrogen (secondary N) is 1. The van der Waals surface area contributed by atoms with Gasteiger partial charge in [0.05, 0.1) is 0 Å². The van der Waals surface area contributed by atoms with Crippen LogP contribution in [0.2, 0.25) is 0 Å². The van der Waals surface area contributed by atoms with Gasteiger partial charge in [-0.3, -0.25) is 4.79 Å². The average molecular weight is 327 g/mol. The zero-order valence-electron chi connectivity index (χ0n) is 13.9. The first kappa shape index (κ1) is 16.3. The summed E-state index contributed by atoms with van der Waals surface area (Å²) in [5, 5.41) is 2.86. The number of aromatic nitrogens is 1. The van der Waals surface area contributed by atoms with Crippen molar-refractivity contribution in [2.45, 2.75) is 12.5 Å². The molecule has 0 fully saturated rings. The van der Waals surface area contributed by atoms with Crippen LogP contribution in [0.4, 0.5) is 5.69 Å². The number of hydrogen-bond acceptors (Lipinski definition) is 5. The minimum atomic E-state index is -0.506. The summed E-state index contributed by atoms with van der Waals surface area (Å²) in [7, 11) is 3.96. The van der Waals surface area contributed by atoms with Crippen molar-refractivity contribution < 1.29 is 14.3 Å². The van der Waals surface area contributed by atoms with Gasteiger partial charge >= 0.3 is 0 Å². The van der Waals surface area contributed by atoms with Crippen LogP contribution in [0.5, 0.6) is 11.6 Å². The average Bonchev–Trinajstić information content (AvgIpc) is 2.99. The third kappa shape index (κ3) is 4.02. The highest BCUT2D eigenvalue weighted by molar-refractivity contribution is 5.95. The second-order valence-electron chi connectivity index (χ2n) is 5.94. The van der Waals surface area contributed by atoms with E-state index in [0.717, 1.165) is 17.9 Å². The molecule has 2 heterocycles. The molecule has 1 aromatic heterocycles. The molecule has 1 amide bonds. The van der Waals surface area contributed by atoms with Gasteiger partial charge in [0.15, 0.2) is 6.10 Å². The van der Waals surface area contributed by atoms with Crippen LogP contribution in [0.15, 0.2) is 42.6 Å². The summed E-state index contributed by atoms with van der Waals surface area (Å²) in [6, 6.07) is 11.2. The van der Waals surface area contributed by atoms with Crippen molar-refractivity contribution >= 4 is 11.6 Å². The van der Waals surface area contributed by atoms with Gasteiger partial charge in [0.25, 0.3) is 5.91 Å². The number of carbonyl (C=O) groups excluding carboxylic acids is 1. The second kappa shape index (κ2) is 7.31. The summed E-state index contributed by atoms with van der Waals surface area (Å²) < 4.78 is 11.3. The molecule has 6 nitrogen and oxygen atoms in total. The molecule has 2 aromatic rings. The molecule has 1 atom stereocenters. The summed E-state index contributed by atoms with van der Waals surface area (Å²) in [6.07, 6.45) is 1.69. The van der Waals surface area contributed by atoms with E-state index in [9.17, 15) is 4.79 Å². The van der Waals surface area contributed by atoms with Gasteiger partial charge in [0.2, 0.25) is 5.88 Å². The van der Waals surface area contributed by atoms with Gasteiger partial charge in [-0.05, 0) is 31.8 Å². The Morgan fingerprint density at radius 2 is 2.21 bits per heavy atom. The smallest absolute Gasteiger partial charge is 0.265 e. The Hall–Kier alpha value is -2.60. The number of anilines is 1. The largest absolute Gasteiger partial charge is 0.480 e. The SMILES string of the molecule is CN(C)CCOc1cc(NC(=O)[C@H]2Cc3ccccc3O2)ccn1. The maximum absolute atomic E-state index is 12.4. The third-order valence-electron chi connectivity index (χ3n) is 3.73. The quantitative estimate of drug-likeness (QED) is 0.879. The number of rotatable bonds is 6. The summed E-state index contributed by atoms with van der Waals surface area (Å²) in [4.78, 5) is 18.6. The molecule has 1 aliphatic heterocycles. The Morgan fingerprint density at radius 1 is 1.38 bits per heavy atom. The summed E-state index contributed by atoms with van der Waals surface area (Å²) in [5.41, 5.74) is 1.70. The Balaban J connectivity index is 1.57. The number of benzene rings is 1. The highest BCUT2D eigenvalue weighted by Crippen LogP contribution is 2.28. The summed E-state index contributed by atoms with van der Waals surface area (Å²) >= 11 is 0. The first-order valence-electron chi connectivity index (χ1n) is 7.91. The molecule has 6 heteroatoms. The number of pyridine rings is 1. The van der Waals surface area contributed by atoms with Crippen molar-refractivity contribution in [1.29, 1.82) is 0 Å². The lowest BCUT2D eigenvalue weighted by molar-refractivity contribution is -0.122. The number of para-hydroxylation sites is 1. The van der Waals surface area contributed by atoms with Crippen molar-refractivity contribution in [1.82, 2.24) is 9.88 Å². The molecule has 0 radical (unpaired) electrons. The van der Waals surface area contributed by atoms with Gasteiger partial charge < -0.3 is 19.7 Å². The highest BCUT2D eigenvalue weighted by Gasteiger charge is 2.28. The van der Waals surface area contributed by atoms with Crippen LogP contribution in [0.25, 0.3) is 0 Å². The summed E-state index contributed by atoms with van der Waals surface area (Å²) in [6.45, 7) is 1.34. The molecule has 1 aromatic carbocycles. The maximum atomic E-state index is 12.4. The van der Waals surface area contributed by atoms with E-state index < -0.39 is 6.10 Å². The Labute approximate surface area is 141 Å². The predicted octanol–water partition coefficient (Wildman–Crippen LogP) is 1.96. The van der Waals surface area contributed by atoms with E-state index in [1.165, 1.54) is 0 Å². The van der Waals surface area contributed by atoms with Crippen LogP contribution in [0.1, 0.15) is 5.56 Å². The minimum absolute atomic E-state index is 0.170. The van der Waals surface area contributed by atoms with E-state index in [1.54, 1.807) is 18.3 Å². The normalized spacial score (nSPS) is 15.7. The number of hydrogen-bond donors (Lipinski definition) is 1. The number of likely N-dealkylation sites (N-methyl/N-ethyl adjacent to an activating group) is 1. The fourth-order valence-corrected chi connectivity index (χ4v) is 2.45. The van der Waals surface area contributed by atoms with Gasteiger partial charge in [-0.1, -0.05) is 18.2 Å². The van der Waals surface area contributed by atoms with Crippen molar-refractivity contribution in [2.75, 3.05) is 32.6 Å². The lowest BCUT2D eigenvalue weighted by atomic mass is 10.1. The summed E-state index contributed by atoms with van der Waals surface area (Å²) in [5.74, 6) is 1.10. The topological polar surface area (TPSA) is 63.7 Å². The van der Waals surface area contributed by atoms with Gasteiger partial charge in [-0.15, -0.1) is 0 Å². The van der Waals surface area contributed by atoms with Gasteiger partial charge in [0, 0.05) is 30.9 Å². The molecule has 126 valence electrons. The van der Waals surface area contributed by atoms with E-state index in [1.807, 2.05) is 43.3 Å². The lowest BCUT2D eigenvalue weighted by Crippen LogP contribution is -2.31. The maximum Gasteiger partial charge on any atom is 0.265 e. The monoisotopic (exact) mass is 327 g/mol. The van der Waals surface area contributed by atoms with Crippen LogP contribution < -0.4 is 14.8 Å². The molecule has 0 bridgehead atoms. The minimum Gasteiger partial charge on any atom is -0.480 e. The Kier molecular flexibility index (Phi) is 4.96. The molecule has 0 saturated carbocycles. The first-order valence-corrected chi connectivity index (χ1v) is 7.91. The number of fused-ring (bicyclic) bond motifs is 1. The van der Waals surface area contributed by atoms with Crippen molar-refractivity contribution in [3.05, 3.63) is 48.2 Å². The van der Waals surface area contributed by atoms with E-state index in [2.05, 4.69) is 10.3 Å².